The molecule has 3 rings (SSSR count). The van der Waals surface area contributed by atoms with E-state index in [0.717, 1.165) is 23.7 Å². The molecule has 1 N–H and O–H groups in total. The molecule has 1 heterocycles. The van der Waals surface area contributed by atoms with Crippen molar-refractivity contribution in [1.82, 2.24) is 4.57 Å². The minimum Gasteiger partial charge on any atom is -0.479 e. The summed E-state index contributed by atoms with van der Waals surface area (Å²) in [4.78, 5) is 11.6. The molecule has 3 nitrogen and oxygen atoms in total. The first-order valence-electron chi connectivity index (χ1n) is 5.94. The second-order valence-electron chi connectivity index (χ2n) is 4.97. The van der Waals surface area contributed by atoms with Crippen LogP contribution >= 0.6 is 0 Å². The van der Waals surface area contributed by atoms with E-state index in [-0.39, 0.29) is 5.92 Å². The number of para-hydroxylation sites is 1. The number of fused-ring (bicyclic) bond motifs is 1. The van der Waals surface area contributed by atoms with Crippen molar-refractivity contribution in [3.63, 3.8) is 0 Å². The summed E-state index contributed by atoms with van der Waals surface area (Å²) in [6.07, 6.45) is 3.92. The van der Waals surface area contributed by atoms with Gasteiger partial charge in [0, 0.05) is 11.7 Å². The van der Waals surface area contributed by atoms with Crippen molar-refractivity contribution in [2.24, 2.45) is 5.92 Å². The van der Waals surface area contributed by atoms with Crippen LogP contribution in [0, 0.1) is 5.92 Å². The Morgan fingerprint density at radius 1 is 1.35 bits per heavy atom. The highest BCUT2D eigenvalue weighted by molar-refractivity contribution is 5.85. The van der Waals surface area contributed by atoms with Gasteiger partial charge in [-0.15, -0.1) is 0 Å². The van der Waals surface area contributed by atoms with Crippen molar-refractivity contribution >= 4 is 16.9 Å². The van der Waals surface area contributed by atoms with Crippen molar-refractivity contribution in [2.75, 3.05) is 0 Å². The second-order valence-corrected chi connectivity index (χ2v) is 4.97. The number of rotatable bonds is 3. The highest BCUT2D eigenvalue weighted by Gasteiger charge is 2.49. The van der Waals surface area contributed by atoms with E-state index in [1.807, 2.05) is 48.0 Å². The van der Waals surface area contributed by atoms with Gasteiger partial charge in [0.05, 0.1) is 0 Å². The molecule has 1 aromatic carbocycles. The van der Waals surface area contributed by atoms with Gasteiger partial charge >= 0.3 is 5.97 Å². The number of hydrogen-bond acceptors (Lipinski definition) is 1. The molecule has 3 heteroatoms. The van der Waals surface area contributed by atoms with Gasteiger partial charge in [-0.05, 0) is 43.2 Å². The van der Waals surface area contributed by atoms with Crippen LogP contribution in [0.2, 0.25) is 0 Å². The number of carboxylic acids is 1. The molecular weight excluding hydrogens is 214 g/mol. The quantitative estimate of drug-likeness (QED) is 0.879. The summed E-state index contributed by atoms with van der Waals surface area (Å²) in [6.45, 7) is 1.83. The van der Waals surface area contributed by atoms with E-state index >= 15 is 0 Å². The van der Waals surface area contributed by atoms with E-state index in [2.05, 4.69) is 0 Å². The third-order valence-electron chi connectivity index (χ3n) is 3.91. The lowest BCUT2D eigenvalue weighted by atomic mass is 9.95. The Hall–Kier alpha value is -1.77. The third-order valence-corrected chi connectivity index (χ3v) is 3.91. The number of aliphatic carboxylic acids is 1. The molecule has 17 heavy (non-hydrogen) atoms. The van der Waals surface area contributed by atoms with Crippen LogP contribution in [0.5, 0.6) is 0 Å². The van der Waals surface area contributed by atoms with Gasteiger partial charge in [-0.3, -0.25) is 0 Å². The maximum Gasteiger partial charge on any atom is 0.329 e. The summed E-state index contributed by atoms with van der Waals surface area (Å²) >= 11 is 0. The first kappa shape index (κ1) is 10.4. The Kier molecular flexibility index (Phi) is 2.05. The van der Waals surface area contributed by atoms with Crippen molar-refractivity contribution in [3.8, 4) is 0 Å². The summed E-state index contributed by atoms with van der Waals surface area (Å²) < 4.78 is 1.92. The lowest BCUT2D eigenvalue weighted by Crippen LogP contribution is -2.40. The van der Waals surface area contributed by atoms with Crippen LogP contribution in [0.4, 0.5) is 0 Å². The standard InChI is InChI=1S/C14H15NO2/c1-14(13(16)17,11-6-7-11)15-9-8-10-4-2-3-5-12(10)15/h2-5,8-9,11H,6-7H2,1H3,(H,16,17). The first-order chi connectivity index (χ1) is 8.14. The molecule has 88 valence electrons. The Bertz CT molecular complexity index is 583. The number of hydrogen-bond donors (Lipinski definition) is 1. The molecule has 2 aromatic rings. The Morgan fingerprint density at radius 3 is 2.71 bits per heavy atom. The smallest absolute Gasteiger partial charge is 0.329 e. The fourth-order valence-corrected chi connectivity index (χ4v) is 2.61. The van der Waals surface area contributed by atoms with Gasteiger partial charge in [0.1, 0.15) is 5.54 Å². The zero-order valence-corrected chi connectivity index (χ0v) is 9.76. The average Bonchev–Trinajstić information content (AvgIpc) is 3.08. The lowest BCUT2D eigenvalue weighted by molar-refractivity contribution is -0.147. The van der Waals surface area contributed by atoms with Crippen LogP contribution in [-0.4, -0.2) is 15.6 Å². The lowest BCUT2D eigenvalue weighted by Gasteiger charge is -2.28. The van der Waals surface area contributed by atoms with Crippen molar-refractivity contribution in [3.05, 3.63) is 36.5 Å². The van der Waals surface area contributed by atoms with Gasteiger partial charge in [0.25, 0.3) is 0 Å². The average molecular weight is 229 g/mol. The molecule has 0 saturated heterocycles. The molecule has 0 radical (unpaired) electrons. The molecule has 1 aliphatic rings. The van der Waals surface area contributed by atoms with Crippen LogP contribution in [0.25, 0.3) is 10.9 Å². The van der Waals surface area contributed by atoms with E-state index in [4.69, 9.17) is 0 Å². The zero-order chi connectivity index (χ0) is 12.0. The van der Waals surface area contributed by atoms with E-state index in [1.165, 1.54) is 0 Å². The Balaban J connectivity index is 2.22. The summed E-state index contributed by atoms with van der Waals surface area (Å²) in [5, 5.41) is 10.7. The summed E-state index contributed by atoms with van der Waals surface area (Å²) in [5.41, 5.74) is 0.202. The van der Waals surface area contributed by atoms with Gasteiger partial charge in [0.15, 0.2) is 0 Å². The highest BCUT2D eigenvalue weighted by atomic mass is 16.4. The van der Waals surface area contributed by atoms with Gasteiger partial charge < -0.3 is 9.67 Å². The Labute approximate surface area is 99.7 Å². The van der Waals surface area contributed by atoms with Gasteiger partial charge in [-0.1, -0.05) is 18.2 Å². The van der Waals surface area contributed by atoms with Crippen molar-refractivity contribution in [2.45, 2.75) is 25.3 Å². The summed E-state index contributed by atoms with van der Waals surface area (Å²) in [6, 6.07) is 9.91. The monoisotopic (exact) mass is 229 g/mol. The van der Waals surface area contributed by atoms with E-state index < -0.39 is 11.5 Å². The number of carbonyl (C=O) groups is 1. The van der Waals surface area contributed by atoms with Crippen LogP contribution < -0.4 is 0 Å². The van der Waals surface area contributed by atoms with E-state index in [9.17, 15) is 9.90 Å². The highest BCUT2D eigenvalue weighted by Crippen LogP contribution is 2.45. The molecule has 0 aliphatic heterocycles. The predicted molar refractivity (Wildman–Crippen MR) is 65.9 cm³/mol. The SMILES string of the molecule is CC(C(=O)O)(C1CC1)n1ccc2ccccc21. The first-order valence-corrected chi connectivity index (χ1v) is 5.94. The topological polar surface area (TPSA) is 42.2 Å². The van der Waals surface area contributed by atoms with Gasteiger partial charge in [0.2, 0.25) is 0 Å². The normalized spacial score (nSPS) is 19.1. The molecular formula is C14H15NO2. The number of aromatic nitrogens is 1. The third kappa shape index (κ3) is 1.38. The predicted octanol–water partition coefficient (Wildman–Crippen LogP) is 2.85. The second kappa shape index (κ2) is 3.36. The zero-order valence-electron chi connectivity index (χ0n) is 9.76. The fraction of sp³-hybridized carbons (Fsp3) is 0.357. The van der Waals surface area contributed by atoms with Crippen molar-refractivity contribution in [1.29, 1.82) is 0 Å². The largest absolute Gasteiger partial charge is 0.479 e. The van der Waals surface area contributed by atoms with Crippen LogP contribution in [-0.2, 0) is 10.3 Å². The van der Waals surface area contributed by atoms with E-state index in [0.29, 0.717) is 0 Å². The van der Waals surface area contributed by atoms with Crippen LogP contribution in [0.1, 0.15) is 19.8 Å². The molecule has 1 fully saturated rings. The summed E-state index contributed by atoms with van der Waals surface area (Å²) in [5.74, 6) is -0.475. The number of carboxylic acid groups (broad SMARTS) is 1. The Morgan fingerprint density at radius 2 is 2.06 bits per heavy atom. The molecule has 1 saturated carbocycles. The maximum atomic E-state index is 11.6. The van der Waals surface area contributed by atoms with Gasteiger partial charge in [-0.2, -0.15) is 0 Å². The van der Waals surface area contributed by atoms with Crippen LogP contribution in [0.3, 0.4) is 0 Å². The van der Waals surface area contributed by atoms with E-state index in [1.54, 1.807) is 0 Å². The summed E-state index contributed by atoms with van der Waals surface area (Å²) in [7, 11) is 0. The minimum atomic E-state index is -0.802. The molecule has 0 bridgehead atoms. The number of nitrogens with zero attached hydrogens (tertiary/aromatic N) is 1. The maximum absolute atomic E-state index is 11.6. The minimum absolute atomic E-state index is 0.260. The molecule has 0 spiro atoms. The number of benzene rings is 1. The van der Waals surface area contributed by atoms with Gasteiger partial charge in [-0.25, -0.2) is 4.79 Å². The molecule has 0 amide bonds. The fourth-order valence-electron chi connectivity index (χ4n) is 2.61. The molecule has 1 aliphatic carbocycles. The van der Waals surface area contributed by atoms with Crippen molar-refractivity contribution < 1.29 is 9.90 Å². The van der Waals surface area contributed by atoms with Crippen LogP contribution in [0.15, 0.2) is 36.5 Å². The molecule has 1 unspecified atom stereocenters. The molecule has 1 aromatic heterocycles. The molecule has 1 atom stereocenters.